The number of hydrogen-bond donors (Lipinski definition) is 13. The van der Waals surface area contributed by atoms with Crippen LogP contribution in [-0.2, 0) is 18.9 Å². The zero-order valence-electron chi connectivity index (χ0n) is 28.4. The lowest BCUT2D eigenvalue weighted by molar-refractivity contribution is -0.275. The number of rotatable bonds is 10. The van der Waals surface area contributed by atoms with Gasteiger partial charge in [0.05, 0.1) is 34.8 Å². The summed E-state index contributed by atoms with van der Waals surface area (Å²) < 4.78 is 26.4. The molecule has 0 radical (unpaired) electrons. The Bertz CT molecular complexity index is 2180. The summed E-state index contributed by atoms with van der Waals surface area (Å²) in [4.78, 5) is 52.0. The summed E-state index contributed by atoms with van der Waals surface area (Å²) in [7, 11) is 0. The number of carbonyl (C=O) groups is 4. The van der Waals surface area contributed by atoms with Crippen molar-refractivity contribution in [1.29, 1.82) is 0 Å². The van der Waals surface area contributed by atoms with Gasteiger partial charge in [-0.05, 0) is 48.5 Å². The van der Waals surface area contributed by atoms with E-state index in [-0.39, 0.29) is 0 Å². The van der Waals surface area contributed by atoms with E-state index < -0.39 is 159 Å². The zero-order valence-corrected chi connectivity index (χ0v) is 28.4. The van der Waals surface area contributed by atoms with E-state index >= 15 is 0 Å². The Kier molecular flexibility index (Phi) is 11.4. The molecule has 22 nitrogen and oxygen atoms in total. The molecule has 0 saturated carbocycles. The first kappa shape index (κ1) is 40.6. The molecule has 1 saturated heterocycles. The van der Waals surface area contributed by atoms with Gasteiger partial charge in [-0.25, -0.2) is 19.2 Å². The van der Waals surface area contributed by atoms with E-state index in [1.54, 1.807) is 0 Å². The van der Waals surface area contributed by atoms with Crippen molar-refractivity contribution in [3.8, 4) is 69.0 Å². The average molecular weight is 803 g/mol. The molecule has 22 heteroatoms. The first-order valence-electron chi connectivity index (χ1n) is 15.9. The predicted octanol–water partition coefficient (Wildman–Crippen LogP) is 0.601. The molecule has 5 rings (SSSR count). The van der Waals surface area contributed by atoms with E-state index in [1.165, 1.54) is 0 Å². The summed E-state index contributed by atoms with van der Waals surface area (Å²) in [6.45, 7) is -2.03. The fourth-order valence-corrected chi connectivity index (χ4v) is 5.33. The number of ether oxygens (including phenoxy) is 5. The van der Waals surface area contributed by atoms with Gasteiger partial charge in [-0.2, -0.15) is 0 Å². The zero-order chi connectivity index (χ0) is 42.0. The van der Waals surface area contributed by atoms with E-state index in [1.807, 2.05) is 0 Å². The number of phenols is 11. The molecular weight excluding hydrogens is 772 g/mol. The largest absolute Gasteiger partial charge is 0.504 e. The maximum Gasteiger partial charge on any atom is 0.343 e. The highest BCUT2D eigenvalue weighted by Gasteiger charge is 2.49. The van der Waals surface area contributed by atoms with Crippen molar-refractivity contribution in [2.45, 2.75) is 24.6 Å². The number of benzene rings is 4. The standard InChI is InChI=1S/C35H30O22/c36-9-15-25(44)35(57-34(52)14-7-22(43)29(48)23(8-14)54-32(50)12-3-18(39)27(46)19(40)4-12)55-24(10-53-31(49)11-1-16(37)26(45)17(38)2-11)30(15)56-33(51)13-5-20(41)28(47)21(42)6-13/h1-8,15,24-25,30,35-48H,9-10H2/t15-,24?,25?,30?,35-/m0/s1. The molecule has 1 heterocycles. The third-order valence-corrected chi connectivity index (χ3v) is 8.28. The summed E-state index contributed by atoms with van der Waals surface area (Å²) in [6, 6.07) is 5.45. The Morgan fingerprint density at radius 3 is 1.37 bits per heavy atom. The molecule has 5 atom stereocenters. The van der Waals surface area contributed by atoms with Gasteiger partial charge in [0.25, 0.3) is 0 Å². The Labute approximate surface area is 316 Å². The minimum Gasteiger partial charge on any atom is -0.504 e. The van der Waals surface area contributed by atoms with Crippen molar-refractivity contribution < 1.29 is 109 Å². The van der Waals surface area contributed by atoms with E-state index in [4.69, 9.17) is 23.7 Å². The van der Waals surface area contributed by atoms with E-state index in [0.717, 1.165) is 0 Å². The normalized spacial score (nSPS) is 18.9. The molecule has 0 aliphatic carbocycles. The van der Waals surface area contributed by atoms with Crippen molar-refractivity contribution in [1.82, 2.24) is 0 Å². The number of hydrogen-bond acceptors (Lipinski definition) is 22. The van der Waals surface area contributed by atoms with Gasteiger partial charge < -0.3 is 90.1 Å². The van der Waals surface area contributed by atoms with E-state index in [9.17, 15) is 85.6 Å². The van der Waals surface area contributed by atoms with Crippen molar-refractivity contribution in [3.63, 3.8) is 0 Å². The number of carbonyl (C=O) groups excluding carboxylic acids is 4. The van der Waals surface area contributed by atoms with E-state index in [2.05, 4.69) is 0 Å². The molecule has 0 aromatic heterocycles. The SMILES string of the molecule is O=C(OCC1O[C@@H](OC(=O)c2cc(O)c(O)c(OC(=O)c3cc(O)c(O)c(O)c3)c2)C(O)[C@H](CO)C1OC(=O)c1cc(O)c(O)c(O)c1)c1cc(O)c(O)c(O)c1. The Morgan fingerprint density at radius 2 is 0.912 bits per heavy atom. The second-order valence-electron chi connectivity index (χ2n) is 12.1. The third kappa shape index (κ3) is 8.41. The smallest absolute Gasteiger partial charge is 0.343 e. The maximum absolute atomic E-state index is 13.3. The second kappa shape index (κ2) is 16.0. The van der Waals surface area contributed by atoms with Crippen LogP contribution >= 0.6 is 0 Å². The molecule has 13 N–H and O–H groups in total. The van der Waals surface area contributed by atoms with Crippen LogP contribution in [0.3, 0.4) is 0 Å². The van der Waals surface area contributed by atoms with Crippen LogP contribution in [0.5, 0.6) is 69.0 Å². The fraction of sp³-hybridized carbons (Fsp3) is 0.200. The summed E-state index contributed by atoms with van der Waals surface area (Å²) in [5.41, 5.74) is -2.35. The molecule has 1 aliphatic rings. The Balaban J connectivity index is 1.41. The topological polar surface area (TPSA) is 377 Å². The number of aliphatic hydroxyl groups is 2. The van der Waals surface area contributed by atoms with E-state index in [0.29, 0.717) is 48.5 Å². The first-order chi connectivity index (χ1) is 26.8. The van der Waals surface area contributed by atoms with Crippen LogP contribution in [0, 0.1) is 5.92 Å². The number of aromatic hydroxyl groups is 11. The molecule has 1 aliphatic heterocycles. The summed E-state index contributed by atoms with van der Waals surface area (Å²) >= 11 is 0. The molecule has 3 unspecified atom stereocenters. The van der Waals surface area contributed by atoms with Gasteiger partial charge in [-0.1, -0.05) is 0 Å². The molecule has 0 spiro atoms. The van der Waals surface area contributed by atoms with Crippen molar-refractivity contribution >= 4 is 23.9 Å². The highest BCUT2D eigenvalue weighted by Crippen LogP contribution is 2.41. The minimum atomic E-state index is -2.14. The van der Waals surface area contributed by atoms with Crippen LogP contribution in [0.25, 0.3) is 0 Å². The third-order valence-electron chi connectivity index (χ3n) is 8.28. The van der Waals surface area contributed by atoms with Gasteiger partial charge in [0.2, 0.25) is 12.0 Å². The van der Waals surface area contributed by atoms with Crippen LogP contribution in [0.2, 0.25) is 0 Å². The predicted molar refractivity (Wildman–Crippen MR) is 179 cm³/mol. The highest BCUT2D eigenvalue weighted by molar-refractivity contribution is 5.95. The molecule has 1 fully saturated rings. The highest BCUT2D eigenvalue weighted by atomic mass is 16.7. The number of esters is 4. The van der Waals surface area contributed by atoms with Gasteiger partial charge >= 0.3 is 23.9 Å². The summed E-state index contributed by atoms with van der Waals surface area (Å²) in [6.07, 6.45) is -7.82. The van der Waals surface area contributed by atoms with Crippen LogP contribution in [0.15, 0.2) is 48.5 Å². The van der Waals surface area contributed by atoms with Gasteiger partial charge in [-0.15, -0.1) is 0 Å². The molecule has 0 bridgehead atoms. The monoisotopic (exact) mass is 802 g/mol. The molecule has 4 aromatic rings. The number of phenolic OH excluding ortho intramolecular Hbond substituents is 11. The second-order valence-corrected chi connectivity index (χ2v) is 12.1. The molecule has 4 aromatic carbocycles. The van der Waals surface area contributed by atoms with Gasteiger partial charge in [0, 0.05) is 0 Å². The van der Waals surface area contributed by atoms with Crippen LogP contribution in [-0.4, -0.2) is 128 Å². The minimum absolute atomic E-state index is 0.522. The first-order valence-corrected chi connectivity index (χ1v) is 15.9. The maximum atomic E-state index is 13.3. The number of aliphatic hydroxyl groups excluding tert-OH is 2. The van der Waals surface area contributed by atoms with Crippen LogP contribution in [0.1, 0.15) is 41.4 Å². The van der Waals surface area contributed by atoms with Crippen molar-refractivity contribution in [2.24, 2.45) is 5.92 Å². The summed E-state index contributed by atoms with van der Waals surface area (Å²) in [5.74, 6) is -18.7. The van der Waals surface area contributed by atoms with Crippen molar-refractivity contribution in [2.75, 3.05) is 13.2 Å². The van der Waals surface area contributed by atoms with Crippen LogP contribution in [0.4, 0.5) is 0 Å². The Morgan fingerprint density at radius 1 is 0.526 bits per heavy atom. The quantitative estimate of drug-likeness (QED) is 0.0452. The molecular formula is C35H30O22. The molecule has 57 heavy (non-hydrogen) atoms. The Hall–Kier alpha value is -7.56. The lowest BCUT2D eigenvalue weighted by Gasteiger charge is -2.42. The fourth-order valence-electron chi connectivity index (χ4n) is 5.33. The molecule has 0 amide bonds. The lowest BCUT2D eigenvalue weighted by atomic mass is 9.89. The lowest BCUT2D eigenvalue weighted by Crippen LogP contribution is -2.59. The summed E-state index contributed by atoms with van der Waals surface area (Å²) in [5, 5.41) is 130. The van der Waals surface area contributed by atoms with Gasteiger partial charge in [0.1, 0.15) is 24.9 Å². The van der Waals surface area contributed by atoms with Gasteiger partial charge in [-0.3, -0.25) is 0 Å². The molecule has 302 valence electrons. The van der Waals surface area contributed by atoms with Crippen molar-refractivity contribution in [3.05, 3.63) is 70.8 Å². The van der Waals surface area contributed by atoms with Crippen LogP contribution < -0.4 is 4.74 Å². The average Bonchev–Trinajstić information content (AvgIpc) is 3.16. The van der Waals surface area contributed by atoms with Gasteiger partial charge in [0.15, 0.2) is 63.2 Å².